The van der Waals surface area contributed by atoms with Crippen molar-refractivity contribution < 1.29 is 14.6 Å². The van der Waals surface area contributed by atoms with Gasteiger partial charge in [0.05, 0.1) is 0 Å². The molecule has 2 rings (SSSR count). The first-order valence-corrected chi connectivity index (χ1v) is 6.48. The Bertz CT molecular complexity index is 543. The van der Waals surface area contributed by atoms with E-state index in [9.17, 15) is 4.79 Å². The summed E-state index contributed by atoms with van der Waals surface area (Å²) in [6, 6.07) is 5.59. The molecule has 0 aliphatic heterocycles. The van der Waals surface area contributed by atoms with Gasteiger partial charge in [0.15, 0.2) is 16.9 Å². The maximum atomic E-state index is 10.9. The number of aliphatic carboxylic acids is 1. The molecule has 96 valence electrons. The first-order chi connectivity index (χ1) is 8.72. The largest absolute Gasteiger partial charge is 0.479 e. The number of ether oxygens (including phenoxy) is 1. The van der Waals surface area contributed by atoms with E-state index in [1.165, 1.54) is 11.8 Å². The molecule has 1 atom stereocenters. The van der Waals surface area contributed by atoms with Crippen molar-refractivity contribution in [2.75, 3.05) is 12.4 Å². The third-order valence-corrected chi connectivity index (χ3v) is 3.30. The van der Waals surface area contributed by atoms with Gasteiger partial charge in [0.1, 0.15) is 0 Å². The first kappa shape index (κ1) is 12.8. The Kier molecular flexibility index (Phi) is 4.16. The zero-order valence-corrected chi connectivity index (χ0v) is 10.6. The SMILES string of the molecule is CCOC(CSc1nnc2ccccn12)C(=O)O. The molecule has 0 fully saturated rings. The number of aromatic nitrogens is 3. The fourth-order valence-corrected chi connectivity index (χ4v) is 2.39. The van der Waals surface area contributed by atoms with Crippen molar-refractivity contribution in [3.63, 3.8) is 0 Å². The lowest BCUT2D eigenvalue weighted by Gasteiger charge is -2.10. The summed E-state index contributed by atoms with van der Waals surface area (Å²) in [6.45, 7) is 2.14. The van der Waals surface area contributed by atoms with Crippen LogP contribution in [-0.2, 0) is 9.53 Å². The Balaban J connectivity index is 2.07. The van der Waals surface area contributed by atoms with E-state index in [1.54, 1.807) is 6.92 Å². The fraction of sp³-hybridized carbons (Fsp3) is 0.364. The van der Waals surface area contributed by atoms with Gasteiger partial charge in [-0.2, -0.15) is 0 Å². The van der Waals surface area contributed by atoms with Crippen LogP contribution in [0, 0.1) is 0 Å². The second kappa shape index (κ2) is 5.83. The quantitative estimate of drug-likeness (QED) is 0.795. The van der Waals surface area contributed by atoms with E-state index in [0.717, 1.165) is 5.65 Å². The number of pyridine rings is 1. The third-order valence-electron chi connectivity index (χ3n) is 2.29. The van der Waals surface area contributed by atoms with E-state index in [0.29, 0.717) is 17.5 Å². The highest BCUT2D eigenvalue weighted by atomic mass is 32.2. The second-order valence-corrected chi connectivity index (χ2v) is 4.49. The Labute approximate surface area is 108 Å². The number of carboxylic acids is 1. The molecule has 1 N–H and O–H groups in total. The number of carboxylic acid groups (broad SMARTS) is 1. The molecule has 0 amide bonds. The summed E-state index contributed by atoms with van der Waals surface area (Å²) in [5, 5.41) is 17.6. The highest BCUT2D eigenvalue weighted by Gasteiger charge is 2.19. The zero-order valence-electron chi connectivity index (χ0n) is 9.81. The molecule has 2 aromatic heterocycles. The smallest absolute Gasteiger partial charge is 0.333 e. The Morgan fingerprint density at radius 2 is 2.39 bits per heavy atom. The lowest BCUT2D eigenvalue weighted by molar-refractivity contribution is -0.148. The Morgan fingerprint density at radius 3 is 3.11 bits per heavy atom. The molecule has 6 nitrogen and oxygen atoms in total. The molecular weight excluding hydrogens is 254 g/mol. The molecule has 18 heavy (non-hydrogen) atoms. The van der Waals surface area contributed by atoms with Crippen LogP contribution in [0.5, 0.6) is 0 Å². The highest BCUT2D eigenvalue weighted by molar-refractivity contribution is 7.99. The Morgan fingerprint density at radius 1 is 1.56 bits per heavy atom. The summed E-state index contributed by atoms with van der Waals surface area (Å²) in [7, 11) is 0. The van der Waals surface area contributed by atoms with Gasteiger partial charge in [0.25, 0.3) is 0 Å². The van der Waals surface area contributed by atoms with Gasteiger partial charge in [0.2, 0.25) is 0 Å². The van der Waals surface area contributed by atoms with Gasteiger partial charge in [0, 0.05) is 18.6 Å². The van der Waals surface area contributed by atoms with E-state index in [1.807, 2.05) is 28.8 Å². The van der Waals surface area contributed by atoms with Crippen LogP contribution in [0.3, 0.4) is 0 Å². The van der Waals surface area contributed by atoms with Crippen molar-refractivity contribution in [2.24, 2.45) is 0 Å². The fourth-order valence-electron chi connectivity index (χ4n) is 1.46. The van der Waals surface area contributed by atoms with Crippen molar-refractivity contribution in [3.05, 3.63) is 24.4 Å². The van der Waals surface area contributed by atoms with E-state index in [-0.39, 0.29) is 0 Å². The standard InChI is InChI=1S/C11H13N3O3S/c1-2-17-8(10(15)16)7-18-11-13-12-9-5-3-4-6-14(9)11/h3-6,8H,2,7H2,1H3,(H,15,16). The van der Waals surface area contributed by atoms with Gasteiger partial charge in [-0.15, -0.1) is 10.2 Å². The molecule has 0 saturated carbocycles. The molecular formula is C11H13N3O3S. The van der Waals surface area contributed by atoms with E-state index < -0.39 is 12.1 Å². The minimum Gasteiger partial charge on any atom is -0.479 e. The summed E-state index contributed by atoms with van der Waals surface area (Å²) in [6.07, 6.45) is 1.02. The Hall–Kier alpha value is -1.60. The average molecular weight is 267 g/mol. The summed E-state index contributed by atoms with van der Waals surface area (Å²) in [5.74, 6) is -0.656. The summed E-state index contributed by atoms with van der Waals surface area (Å²) >= 11 is 1.32. The van der Waals surface area contributed by atoms with Crippen LogP contribution in [0.4, 0.5) is 0 Å². The van der Waals surface area contributed by atoms with Crippen LogP contribution >= 0.6 is 11.8 Å². The van der Waals surface area contributed by atoms with Crippen molar-refractivity contribution in [2.45, 2.75) is 18.2 Å². The first-order valence-electron chi connectivity index (χ1n) is 5.49. The predicted octanol–water partition coefficient (Wildman–Crippen LogP) is 1.31. The van der Waals surface area contributed by atoms with Crippen LogP contribution in [0.15, 0.2) is 29.6 Å². The molecule has 0 aliphatic carbocycles. The molecule has 0 radical (unpaired) electrons. The van der Waals surface area contributed by atoms with Crippen molar-refractivity contribution in [1.82, 2.24) is 14.6 Å². The summed E-state index contributed by atoms with van der Waals surface area (Å²) in [4.78, 5) is 10.9. The number of fused-ring (bicyclic) bond motifs is 1. The minimum absolute atomic E-state index is 0.304. The van der Waals surface area contributed by atoms with Crippen LogP contribution in [0.2, 0.25) is 0 Å². The second-order valence-electron chi connectivity index (χ2n) is 3.50. The van der Waals surface area contributed by atoms with Crippen LogP contribution in [0.1, 0.15) is 6.92 Å². The highest BCUT2D eigenvalue weighted by Crippen LogP contribution is 2.18. The predicted molar refractivity (Wildman–Crippen MR) is 66.8 cm³/mol. The molecule has 7 heteroatoms. The topological polar surface area (TPSA) is 76.7 Å². The van der Waals surface area contributed by atoms with Crippen LogP contribution < -0.4 is 0 Å². The maximum Gasteiger partial charge on any atom is 0.333 e. The van der Waals surface area contributed by atoms with Gasteiger partial charge >= 0.3 is 5.97 Å². The van der Waals surface area contributed by atoms with Crippen molar-refractivity contribution in [3.8, 4) is 0 Å². The van der Waals surface area contributed by atoms with Crippen LogP contribution in [0.25, 0.3) is 5.65 Å². The van der Waals surface area contributed by atoms with Gasteiger partial charge in [-0.25, -0.2) is 4.79 Å². The van der Waals surface area contributed by atoms with Crippen molar-refractivity contribution >= 4 is 23.4 Å². The lowest BCUT2D eigenvalue weighted by atomic mass is 10.4. The lowest BCUT2D eigenvalue weighted by Crippen LogP contribution is -2.26. The van der Waals surface area contributed by atoms with E-state index in [2.05, 4.69) is 10.2 Å². The van der Waals surface area contributed by atoms with Crippen LogP contribution in [-0.4, -0.2) is 44.1 Å². The molecule has 1 unspecified atom stereocenters. The average Bonchev–Trinajstić information content (AvgIpc) is 2.77. The molecule has 0 bridgehead atoms. The van der Waals surface area contributed by atoms with Gasteiger partial charge in [-0.1, -0.05) is 17.8 Å². The zero-order chi connectivity index (χ0) is 13.0. The number of hydrogen-bond donors (Lipinski definition) is 1. The van der Waals surface area contributed by atoms with E-state index >= 15 is 0 Å². The van der Waals surface area contributed by atoms with Crippen molar-refractivity contribution in [1.29, 1.82) is 0 Å². The number of carbonyl (C=O) groups is 1. The molecule has 0 spiro atoms. The minimum atomic E-state index is -0.960. The molecule has 0 aliphatic rings. The monoisotopic (exact) mass is 267 g/mol. The normalized spacial score (nSPS) is 12.7. The number of rotatable bonds is 6. The summed E-state index contributed by atoms with van der Waals surface area (Å²) < 4.78 is 6.95. The maximum absolute atomic E-state index is 10.9. The third kappa shape index (κ3) is 2.80. The number of nitrogens with zero attached hydrogens (tertiary/aromatic N) is 3. The van der Waals surface area contributed by atoms with Gasteiger partial charge in [-0.3, -0.25) is 4.40 Å². The number of thioether (sulfide) groups is 1. The van der Waals surface area contributed by atoms with Gasteiger partial charge < -0.3 is 9.84 Å². The summed E-state index contributed by atoms with van der Waals surface area (Å²) in [5.41, 5.74) is 0.739. The molecule has 2 heterocycles. The number of hydrogen-bond acceptors (Lipinski definition) is 5. The van der Waals surface area contributed by atoms with Gasteiger partial charge in [-0.05, 0) is 19.1 Å². The molecule has 0 saturated heterocycles. The molecule has 0 aromatic carbocycles. The van der Waals surface area contributed by atoms with E-state index in [4.69, 9.17) is 9.84 Å². The molecule has 2 aromatic rings.